The van der Waals surface area contributed by atoms with E-state index in [0.29, 0.717) is 0 Å². The van der Waals surface area contributed by atoms with Gasteiger partial charge >= 0.3 is 12.1 Å². The monoisotopic (exact) mass is 266 g/mol. The molecule has 0 heterocycles. The molecule has 0 aliphatic carbocycles. The van der Waals surface area contributed by atoms with Crippen LogP contribution < -0.4 is 5.32 Å². The van der Waals surface area contributed by atoms with Crippen molar-refractivity contribution in [1.82, 2.24) is 10.2 Å². The normalized spacial score (nSPS) is 14.6. The second-order valence-corrected chi connectivity index (χ2v) is 4.12. The van der Waals surface area contributed by atoms with Crippen LogP contribution in [0.3, 0.4) is 0 Å². The molecule has 0 fully saturated rings. The first-order chi connectivity index (χ1) is 8.11. The van der Waals surface area contributed by atoms with Crippen molar-refractivity contribution in [3.63, 3.8) is 0 Å². The Kier molecular flexibility index (Phi) is 5.87. The fraction of sp³-hybridized carbons (Fsp3) is 0.636. The number of alkyl halides is 3. The second kappa shape index (κ2) is 6.42. The van der Waals surface area contributed by atoms with Crippen LogP contribution in [-0.4, -0.2) is 43.0 Å². The van der Waals surface area contributed by atoms with Gasteiger partial charge in [-0.05, 0) is 13.3 Å². The molecule has 0 aromatic carbocycles. The SMILES string of the molecule is C=CC[C@@H](C(=O)N(C)C)[C@H](C)NC(=O)C(F)(F)F. The Hall–Kier alpha value is -1.53. The molecule has 0 unspecified atom stereocenters. The Morgan fingerprint density at radius 3 is 2.22 bits per heavy atom. The molecule has 0 aliphatic heterocycles. The Morgan fingerprint density at radius 2 is 1.89 bits per heavy atom. The number of nitrogens with one attached hydrogen (secondary N) is 1. The van der Waals surface area contributed by atoms with E-state index in [4.69, 9.17) is 0 Å². The molecule has 0 bridgehead atoms. The number of carbonyl (C=O) groups is 2. The van der Waals surface area contributed by atoms with Gasteiger partial charge < -0.3 is 10.2 Å². The Morgan fingerprint density at radius 1 is 1.39 bits per heavy atom. The highest BCUT2D eigenvalue weighted by molar-refractivity contribution is 5.84. The molecule has 0 saturated carbocycles. The summed E-state index contributed by atoms with van der Waals surface area (Å²) in [5.41, 5.74) is 0. The zero-order valence-electron chi connectivity index (χ0n) is 10.5. The number of nitrogens with zero attached hydrogens (tertiary/aromatic N) is 1. The maximum atomic E-state index is 12.1. The van der Waals surface area contributed by atoms with E-state index in [1.807, 2.05) is 0 Å². The molecule has 104 valence electrons. The van der Waals surface area contributed by atoms with Crippen molar-refractivity contribution < 1.29 is 22.8 Å². The van der Waals surface area contributed by atoms with Gasteiger partial charge in [0.15, 0.2) is 0 Å². The molecule has 18 heavy (non-hydrogen) atoms. The van der Waals surface area contributed by atoms with E-state index in [2.05, 4.69) is 6.58 Å². The first-order valence-electron chi connectivity index (χ1n) is 5.31. The lowest BCUT2D eigenvalue weighted by atomic mass is 9.96. The van der Waals surface area contributed by atoms with Gasteiger partial charge in [-0.1, -0.05) is 6.08 Å². The molecule has 0 aliphatic rings. The third-order valence-electron chi connectivity index (χ3n) is 2.40. The lowest BCUT2D eigenvalue weighted by molar-refractivity contribution is -0.174. The molecule has 4 nitrogen and oxygen atoms in total. The number of rotatable bonds is 5. The Labute approximate surface area is 104 Å². The standard InChI is InChI=1S/C11H17F3N2O2/c1-5-6-8(9(17)16(3)4)7(2)15-10(18)11(12,13)14/h5,7-8H,1,6H2,2-4H3,(H,15,18)/t7-,8+/m0/s1. The minimum Gasteiger partial charge on any atom is -0.349 e. The fourth-order valence-corrected chi connectivity index (χ4v) is 1.42. The summed E-state index contributed by atoms with van der Waals surface area (Å²) in [5, 5.41) is 1.78. The van der Waals surface area contributed by atoms with E-state index in [9.17, 15) is 22.8 Å². The molecule has 2 amide bonds. The van der Waals surface area contributed by atoms with Gasteiger partial charge in [0.05, 0.1) is 5.92 Å². The first kappa shape index (κ1) is 16.5. The lowest BCUT2D eigenvalue weighted by Crippen LogP contribution is -2.48. The van der Waals surface area contributed by atoms with E-state index < -0.39 is 24.0 Å². The quantitative estimate of drug-likeness (QED) is 0.763. The van der Waals surface area contributed by atoms with Crippen molar-refractivity contribution in [3.05, 3.63) is 12.7 Å². The van der Waals surface area contributed by atoms with Crippen LogP contribution in [0.5, 0.6) is 0 Å². The fourth-order valence-electron chi connectivity index (χ4n) is 1.42. The van der Waals surface area contributed by atoms with Gasteiger partial charge in [-0.15, -0.1) is 6.58 Å². The molecule has 1 N–H and O–H groups in total. The van der Waals surface area contributed by atoms with Crippen molar-refractivity contribution in [2.75, 3.05) is 14.1 Å². The molecule has 0 spiro atoms. The van der Waals surface area contributed by atoms with Crippen LogP contribution in [0.1, 0.15) is 13.3 Å². The van der Waals surface area contributed by atoms with Gasteiger partial charge in [-0.2, -0.15) is 13.2 Å². The number of hydrogen-bond acceptors (Lipinski definition) is 2. The van der Waals surface area contributed by atoms with E-state index in [-0.39, 0.29) is 12.3 Å². The lowest BCUT2D eigenvalue weighted by Gasteiger charge is -2.26. The zero-order valence-corrected chi connectivity index (χ0v) is 10.5. The minimum atomic E-state index is -4.95. The van der Waals surface area contributed by atoms with Gasteiger partial charge in [-0.25, -0.2) is 0 Å². The van der Waals surface area contributed by atoms with Crippen LogP contribution in [0.25, 0.3) is 0 Å². The number of carbonyl (C=O) groups excluding carboxylic acids is 2. The highest BCUT2D eigenvalue weighted by atomic mass is 19.4. The molecule has 0 radical (unpaired) electrons. The molecular formula is C11H17F3N2O2. The first-order valence-corrected chi connectivity index (χ1v) is 5.31. The molecule has 2 atom stereocenters. The molecule has 0 saturated heterocycles. The summed E-state index contributed by atoms with van der Waals surface area (Å²) in [7, 11) is 2.99. The van der Waals surface area contributed by atoms with Crippen molar-refractivity contribution in [3.8, 4) is 0 Å². The predicted octanol–water partition coefficient (Wildman–Crippen LogP) is 1.33. The van der Waals surface area contributed by atoms with E-state index in [1.165, 1.54) is 32.0 Å². The van der Waals surface area contributed by atoms with Crippen LogP contribution in [0.15, 0.2) is 12.7 Å². The maximum Gasteiger partial charge on any atom is 0.471 e. The summed E-state index contributed by atoms with van der Waals surface area (Å²) in [6.07, 6.45) is -3.33. The highest BCUT2D eigenvalue weighted by Crippen LogP contribution is 2.17. The Balaban J connectivity index is 4.78. The smallest absolute Gasteiger partial charge is 0.349 e. The van der Waals surface area contributed by atoms with Gasteiger partial charge in [0, 0.05) is 20.1 Å². The highest BCUT2D eigenvalue weighted by Gasteiger charge is 2.40. The van der Waals surface area contributed by atoms with Crippen LogP contribution in [0.4, 0.5) is 13.2 Å². The zero-order chi connectivity index (χ0) is 14.5. The molecule has 0 aromatic heterocycles. The summed E-state index contributed by atoms with van der Waals surface area (Å²) >= 11 is 0. The summed E-state index contributed by atoms with van der Waals surface area (Å²) in [5.74, 6) is -3.16. The largest absolute Gasteiger partial charge is 0.471 e. The van der Waals surface area contributed by atoms with Gasteiger partial charge in [0.2, 0.25) is 5.91 Å². The van der Waals surface area contributed by atoms with Gasteiger partial charge in [0.25, 0.3) is 0 Å². The number of allylic oxidation sites excluding steroid dienone is 1. The summed E-state index contributed by atoms with van der Waals surface area (Å²) in [6, 6.07) is -0.924. The molecular weight excluding hydrogens is 249 g/mol. The second-order valence-electron chi connectivity index (χ2n) is 4.12. The topological polar surface area (TPSA) is 49.4 Å². The minimum absolute atomic E-state index is 0.191. The van der Waals surface area contributed by atoms with Crippen LogP contribution >= 0.6 is 0 Å². The predicted molar refractivity (Wildman–Crippen MR) is 60.7 cm³/mol. The average Bonchev–Trinajstić information content (AvgIpc) is 2.23. The van der Waals surface area contributed by atoms with Crippen LogP contribution in [0, 0.1) is 5.92 Å². The summed E-state index contributed by atoms with van der Waals surface area (Å²) in [6.45, 7) is 4.81. The van der Waals surface area contributed by atoms with Crippen molar-refractivity contribution in [2.45, 2.75) is 25.6 Å². The van der Waals surface area contributed by atoms with Gasteiger partial charge in [0.1, 0.15) is 0 Å². The van der Waals surface area contributed by atoms with Crippen molar-refractivity contribution in [1.29, 1.82) is 0 Å². The molecule has 0 rings (SSSR count). The third kappa shape index (κ3) is 4.77. The summed E-state index contributed by atoms with van der Waals surface area (Å²) < 4.78 is 36.3. The number of hydrogen-bond donors (Lipinski definition) is 1. The number of amides is 2. The van der Waals surface area contributed by atoms with Crippen LogP contribution in [-0.2, 0) is 9.59 Å². The van der Waals surface area contributed by atoms with E-state index >= 15 is 0 Å². The maximum absolute atomic E-state index is 12.1. The molecule has 0 aromatic rings. The van der Waals surface area contributed by atoms with Crippen LogP contribution in [0.2, 0.25) is 0 Å². The van der Waals surface area contributed by atoms with Crippen molar-refractivity contribution in [2.24, 2.45) is 5.92 Å². The van der Waals surface area contributed by atoms with Gasteiger partial charge in [-0.3, -0.25) is 9.59 Å². The number of halogens is 3. The average molecular weight is 266 g/mol. The molecule has 7 heteroatoms. The van der Waals surface area contributed by atoms with E-state index in [1.54, 1.807) is 5.32 Å². The van der Waals surface area contributed by atoms with Crippen molar-refractivity contribution >= 4 is 11.8 Å². The summed E-state index contributed by atoms with van der Waals surface area (Å²) in [4.78, 5) is 23.8. The van der Waals surface area contributed by atoms with E-state index in [0.717, 1.165) is 0 Å². The Bertz CT molecular complexity index is 327. The third-order valence-corrected chi connectivity index (χ3v) is 2.40.